The Bertz CT molecular complexity index is 430. The third-order valence-corrected chi connectivity index (χ3v) is 7.57. The van der Waals surface area contributed by atoms with Gasteiger partial charge in [-0.15, -0.1) is 0 Å². The monoisotopic (exact) mass is 315 g/mol. The number of hydrogen-bond donors (Lipinski definition) is 1. The zero-order valence-electron chi connectivity index (χ0n) is 13.0. The molecule has 122 valence electrons. The van der Waals surface area contributed by atoms with Gasteiger partial charge < -0.3 is 5.32 Å². The topological polar surface area (TPSA) is 52.7 Å². The molecule has 0 aromatic heterocycles. The molecule has 0 unspecified atom stereocenters. The molecule has 1 saturated carbocycles. The van der Waals surface area contributed by atoms with E-state index in [2.05, 4.69) is 5.32 Å². The molecule has 2 heterocycles. The smallest absolute Gasteiger partial charge is 0.282 e. The lowest BCUT2D eigenvalue weighted by Crippen LogP contribution is -2.65. The maximum atomic E-state index is 13.2. The molecule has 3 rings (SSSR count). The molecule has 0 atom stereocenters. The standard InChI is InChI=1S/C15H29N3O2S/c19-21(20,17-11-6-1-2-7-12-17)18-13-10-16-14-15(18)8-4-3-5-9-15/h16H,1-14H2. The van der Waals surface area contributed by atoms with E-state index in [0.29, 0.717) is 19.6 Å². The minimum absolute atomic E-state index is 0.151. The van der Waals surface area contributed by atoms with Gasteiger partial charge in [0.1, 0.15) is 0 Å². The molecule has 1 N–H and O–H groups in total. The maximum Gasteiger partial charge on any atom is 0.282 e. The van der Waals surface area contributed by atoms with Crippen LogP contribution in [0.3, 0.4) is 0 Å². The van der Waals surface area contributed by atoms with Gasteiger partial charge >= 0.3 is 0 Å². The number of hydrogen-bond acceptors (Lipinski definition) is 3. The number of nitrogens with zero attached hydrogens (tertiary/aromatic N) is 2. The highest BCUT2D eigenvalue weighted by molar-refractivity contribution is 7.86. The molecule has 0 radical (unpaired) electrons. The van der Waals surface area contributed by atoms with Crippen molar-refractivity contribution in [3.63, 3.8) is 0 Å². The lowest BCUT2D eigenvalue weighted by atomic mass is 9.80. The number of rotatable bonds is 2. The van der Waals surface area contributed by atoms with E-state index in [1.807, 2.05) is 4.31 Å². The molecule has 0 amide bonds. The molecule has 5 nitrogen and oxygen atoms in total. The first-order valence-electron chi connectivity index (χ1n) is 8.64. The van der Waals surface area contributed by atoms with Crippen molar-refractivity contribution in [1.82, 2.24) is 13.9 Å². The van der Waals surface area contributed by atoms with Crippen LogP contribution in [0.1, 0.15) is 57.8 Å². The van der Waals surface area contributed by atoms with Crippen molar-refractivity contribution in [3.8, 4) is 0 Å². The highest BCUT2D eigenvalue weighted by Gasteiger charge is 2.47. The molecule has 3 fully saturated rings. The summed E-state index contributed by atoms with van der Waals surface area (Å²) in [6.07, 6.45) is 9.97. The molecule has 1 spiro atoms. The second-order valence-electron chi connectivity index (χ2n) is 6.85. The van der Waals surface area contributed by atoms with Crippen molar-refractivity contribution in [3.05, 3.63) is 0 Å². The Labute approximate surface area is 129 Å². The summed E-state index contributed by atoms with van der Waals surface area (Å²) in [6.45, 7) is 3.68. The normalized spacial score (nSPS) is 29.3. The van der Waals surface area contributed by atoms with E-state index in [4.69, 9.17) is 0 Å². The van der Waals surface area contributed by atoms with Crippen LogP contribution in [0.2, 0.25) is 0 Å². The Kier molecular flexibility index (Phi) is 4.88. The van der Waals surface area contributed by atoms with Crippen molar-refractivity contribution in [2.24, 2.45) is 0 Å². The van der Waals surface area contributed by atoms with E-state index < -0.39 is 10.2 Å². The first-order chi connectivity index (χ1) is 10.2. The first-order valence-corrected chi connectivity index (χ1v) is 10.0. The average Bonchev–Trinajstić information content (AvgIpc) is 2.78. The average molecular weight is 315 g/mol. The SMILES string of the molecule is O=S(=O)(N1CCCCCC1)N1CCNCC12CCCCC2. The van der Waals surface area contributed by atoms with Gasteiger partial charge in [0.25, 0.3) is 10.2 Å². The highest BCUT2D eigenvalue weighted by Crippen LogP contribution is 2.37. The fraction of sp³-hybridized carbons (Fsp3) is 1.00. The van der Waals surface area contributed by atoms with Crippen LogP contribution in [-0.4, -0.2) is 55.3 Å². The molecule has 0 aromatic rings. The Morgan fingerprint density at radius 3 is 2.10 bits per heavy atom. The van der Waals surface area contributed by atoms with Crippen LogP contribution < -0.4 is 5.32 Å². The first kappa shape index (κ1) is 15.7. The second kappa shape index (κ2) is 6.52. The Balaban J connectivity index is 1.84. The van der Waals surface area contributed by atoms with Crippen LogP contribution >= 0.6 is 0 Å². The van der Waals surface area contributed by atoms with Crippen molar-refractivity contribution in [2.45, 2.75) is 63.3 Å². The van der Waals surface area contributed by atoms with Crippen LogP contribution in [0.5, 0.6) is 0 Å². The summed E-state index contributed by atoms with van der Waals surface area (Å²) in [6, 6.07) is 0. The Morgan fingerprint density at radius 1 is 0.810 bits per heavy atom. The predicted octanol–water partition coefficient (Wildman–Crippen LogP) is 1.72. The Morgan fingerprint density at radius 2 is 1.43 bits per heavy atom. The number of piperazine rings is 1. The Hall–Kier alpha value is -0.170. The van der Waals surface area contributed by atoms with Gasteiger partial charge in [-0.1, -0.05) is 32.1 Å². The van der Waals surface area contributed by atoms with E-state index in [0.717, 1.165) is 51.6 Å². The summed E-state index contributed by atoms with van der Waals surface area (Å²) in [5.41, 5.74) is -0.151. The molecule has 2 aliphatic heterocycles. The van der Waals surface area contributed by atoms with Crippen LogP contribution in [-0.2, 0) is 10.2 Å². The van der Waals surface area contributed by atoms with Gasteiger partial charge in [-0.3, -0.25) is 0 Å². The van der Waals surface area contributed by atoms with Gasteiger partial charge in [0, 0.05) is 38.3 Å². The predicted molar refractivity (Wildman–Crippen MR) is 84.4 cm³/mol. The van der Waals surface area contributed by atoms with Crippen LogP contribution in [0.4, 0.5) is 0 Å². The zero-order valence-corrected chi connectivity index (χ0v) is 13.8. The van der Waals surface area contributed by atoms with E-state index in [1.165, 1.54) is 19.3 Å². The van der Waals surface area contributed by atoms with E-state index in [1.54, 1.807) is 4.31 Å². The molecule has 0 bridgehead atoms. The summed E-state index contributed by atoms with van der Waals surface area (Å²) in [5, 5.41) is 3.44. The summed E-state index contributed by atoms with van der Waals surface area (Å²) in [7, 11) is -3.29. The largest absolute Gasteiger partial charge is 0.314 e. The fourth-order valence-corrected chi connectivity index (χ4v) is 6.29. The molecular formula is C15H29N3O2S. The quantitative estimate of drug-likeness (QED) is 0.844. The molecule has 1 aliphatic carbocycles. The molecule has 21 heavy (non-hydrogen) atoms. The molecule has 2 saturated heterocycles. The van der Waals surface area contributed by atoms with E-state index in [9.17, 15) is 8.42 Å². The van der Waals surface area contributed by atoms with Crippen LogP contribution in [0.15, 0.2) is 0 Å². The zero-order chi connectivity index (χ0) is 14.8. The summed E-state index contributed by atoms with van der Waals surface area (Å²) >= 11 is 0. The summed E-state index contributed by atoms with van der Waals surface area (Å²) in [5.74, 6) is 0. The van der Waals surface area contributed by atoms with Crippen molar-refractivity contribution in [2.75, 3.05) is 32.7 Å². The van der Waals surface area contributed by atoms with Crippen molar-refractivity contribution in [1.29, 1.82) is 0 Å². The van der Waals surface area contributed by atoms with Crippen LogP contribution in [0, 0.1) is 0 Å². The van der Waals surface area contributed by atoms with Gasteiger partial charge in [0.2, 0.25) is 0 Å². The number of nitrogens with one attached hydrogen (secondary N) is 1. The van der Waals surface area contributed by atoms with Crippen molar-refractivity contribution >= 4 is 10.2 Å². The third-order valence-electron chi connectivity index (χ3n) is 5.43. The minimum atomic E-state index is -3.29. The third kappa shape index (κ3) is 3.14. The fourth-order valence-electron chi connectivity index (χ4n) is 4.23. The van der Waals surface area contributed by atoms with Crippen LogP contribution in [0.25, 0.3) is 0 Å². The van der Waals surface area contributed by atoms with Gasteiger partial charge in [0.05, 0.1) is 0 Å². The van der Waals surface area contributed by atoms with Gasteiger partial charge in [0.15, 0.2) is 0 Å². The van der Waals surface area contributed by atoms with Gasteiger partial charge in [-0.2, -0.15) is 17.0 Å². The van der Waals surface area contributed by atoms with E-state index in [-0.39, 0.29) is 5.54 Å². The second-order valence-corrected chi connectivity index (χ2v) is 8.71. The highest BCUT2D eigenvalue weighted by atomic mass is 32.2. The molecule has 0 aromatic carbocycles. The summed E-state index contributed by atoms with van der Waals surface area (Å²) < 4.78 is 30.0. The lowest BCUT2D eigenvalue weighted by molar-refractivity contribution is 0.0938. The molecule has 6 heteroatoms. The van der Waals surface area contributed by atoms with Gasteiger partial charge in [-0.05, 0) is 25.7 Å². The minimum Gasteiger partial charge on any atom is -0.314 e. The summed E-state index contributed by atoms with van der Waals surface area (Å²) in [4.78, 5) is 0. The maximum absolute atomic E-state index is 13.2. The van der Waals surface area contributed by atoms with Gasteiger partial charge in [-0.25, -0.2) is 0 Å². The lowest BCUT2D eigenvalue weighted by Gasteiger charge is -2.49. The van der Waals surface area contributed by atoms with Crippen molar-refractivity contribution < 1.29 is 8.42 Å². The van der Waals surface area contributed by atoms with E-state index >= 15 is 0 Å². The molecular weight excluding hydrogens is 286 g/mol. The molecule has 3 aliphatic rings.